The first-order valence-electron chi connectivity index (χ1n) is 14.5. The molecule has 39 heavy (non-hydrogen) atoms. The van der Waals surface area contributed by atoms with Gasteiger partial charge in [-0.15, -0.1) is 0 Å². The van der Waals surface area contributed by atoms with Gasteiger partial charge in [0, 0.05) is 57.6 Å². The Balaban J connectivity index is 1.08. The minimum absolute atomic E-state index is 0.0385. The van der Waals surface area contributed by atoms with Crippen molar-refractivity contribution < 1.29 is 23.0 Å². The molecule has 2 aromatic rings. The highest BCUT2D eigenvalue weighted by molar-refractivity contribution is 5.80. The molecular weight excluding hydrogens is 500 g/mol. The molecule has 2 saturated heterocycles. The average Bonchev–Trinajstić information content (AvgIpc) is 3.42. The Labute approximate surface area is 229 Å². The van der Waals surface area contributed by atoms with Crippen LogP contribution in [-0.4, -0.2) is 68.3 Å². The van der Waals surface area contributed by atoms with E-state index in [-0.39, 0.29) is 11.8 Å². The Hall–Kier alpha value is -2.87. The monoisotopic (exact) mass is 539 g/mol. The van der Waals surface area contributed by atoms with Gasteiger partial charge in [-0.3, -0.25) is 4.79 Å². The van der Waals surface area contributed by atoms with E-state index in [1.807, 2.05) is 15.9 Å². The molecule has 0 spiro atoms. The fourth-order valence-corrected chi connectivity index (χ4v) is 7.30. The van der Waals surface area contributed by atoms with Crippen LogP contribution in [-0.2, 0) is 11.2 Å². The molecule has 4 aliphatic rings. The van der Waals surface area contributed by atoms with Crippen molar-refractivity contribution in [3.8, 4) is 11.5 Å². The number of carbonyl (C=O) groups excluding carboxylic acids is 1. The molecule has 3 fully saturated rings. The van der Waals surface area contributed by atoms with Gasteiger partial charge in [-0.1, -0.05) is 25.8 Å². The standard InChI is InChI=1S/C31H39F2N3O3/c1-21(14-22-6-9-29-30(15-22)39-20-38-29)17-34-18-23-4-2-3-5-25(23)26(19-34)31(37)36-12-10-35(11-13-36)24-7-8-27(32)28(33)16-24/h6-9,15-16,21,23,25-26H,2-5,10-14,17-20H2,1H3/t21-,23+,25-,26+/m0/s1. The molecular formula is C31H39F2N3O3. The van der Waals surface area contributed by atoms with Crippen LogP contribution in [0, 0.1) is 35.3 Å². The van der Waals surface area contributed by atoms with Crippen molar-refractivity contribution in [2.75, 3.05) is 57.5 Å². The molecule has 6 rings (SSSR count). The third-order valence-corrected chi connectivity index (χ3v) is 9.20. The van der Waals surface area contributed by atoms with Crippen molar-refractivity contribution >= 4 is 11.6 Å². The van der Waals surface area contributed by atoms with Crippen molar-refractivity contribution in [1.29, 1.82) is 0 Å². The van der Waals surface area contributed by atoms with Crippen LogP contribution in [0.5, 0.6) is 11.5 Å². The summed E-state index contributed by atoms with van der Waals surface area (Å²) in [6.45, 7) is 7.98. The lowest BCUT2D eigenvalue weighted by atomic mass is 9.69. The van der Waals surface area contributed by atoms with Gasteiger partial charge >= 0.3 is 0 Å². The second-order valence-electron chi connectivity index (χ2n) is 11.9. The van der Waals surface area contributed by atoms with E-state index in [4.69, 9.17) is 9.47 Å². The van der Waals surface area contributed by atoms with Crippen molar-refractivity contribution in [2.45, 2.75) is 39.0 Å². The number of hydrogen-bond donors (Lipinski definition) is 0. The Bertz CT molecular complexity index is 1190. The van der Waals surface area contributed by atoms with E-state index < -0.39 is 11.6 Å². The van der Waals surface area contributed by atoms with E-state index in [9.17, 15) is 13.6 Å². The zero-order valence-electron chi connectivity index (χ0n) is 22.8. The summed E-state index contributed by atoms with van der Waals surface area (Å²) in [6.07, 6.45) is 5.80. The van der Waals surface area contributed by atoms with Crippen LogP contribution in [0.25, 0.3) is 0 Å². The van der Waals surface area contributed by atoms with E-state index in [2.05, 4.69) is 24.0 Å². The summed E-state index contributed by atoms with van der Waals surface area (Å²) in [6, 6.07) is 10.3. The van der Waals surface area contributed by atoms with Crippen molar-refractivity contribution in [3.05, 3.63) is 53.6 Å². The lowest BCUT2D eigenvalue weighted by Crippen LogP contribution is -2.57. The number of likely N-dealkylation sites (tertiary alicyclic amines) is 1. The topological polar surface area (TPSA) is 45.3 Å². The summed E-state index contributed by atoms with van der Waals surface area (Å²) >= 11 is 0. The van der Waals surface area contributed by atoms with Gasteiger partial charge in [-0.05, 0) is 66.8 Å². The maximum Gasteiger partial charge on any atom is 0.231 e. The molecule has 6 nitrogen and oxygen atoms in total. The van der Waals surface area contributed by atoms with E-state index in [0.717, 1.165) is 44.0 Å². The van der Waals surface area contributed by atoms with Gasteiger partial charge in [0.05, 0.1) is 5.92 Å². The molecule has 0 aromatic heterocycles. The third kappa shape index (κ3) is 5.72. The van der Waals surface area contributed by atoms with E-state index in [0.29, 0.717) is 56.4 Å². The fraction of sp³-hybridized carbons (Fsp3) is 0.581. The predicted molar refractivity (Wildman–Crippen MR) is 146 cm³/mol. The summed E-state index contributed by atoms with van der Waals surface area (Å²) in [4.78, 5) is 20.5. The molecule has 8 heteroatoms. The van der Waals surface area contributed by atoms with Crippen LogP contribution >= 0.6 is 0 Å². The number of rotatable bonds is 6. The van der Waals surface area contributed by atoms with E-state index in [1.54, 1.807) is 6.07 Å². The Morgan fingerprint density at radius 3 is 2.56 bits per heavy atom. The summed E-state index contributed by atoms with van der Waals surface area (Å²) in [5.74, 6) is 1.82. The average molecular weight is 540 g/mol. The summed E-state index contributed by atoms with van der Waals surface area (Å²) in [7, 11) is 0. The maximum absolute atomic E-state index is 13.9. The van der Waals surface area contributed by atoms with E-state index in [1.165, 1.54) is 37.0 Å². The smallest absolute Gasteiger partial charge is 0.231 e. The number of fused-ring (bicyclic) bond motifs is 2. The van der Waals surface area contributed by atoms with Gasteiger partial charge in [0.1, 0.15) is 0 Å². The quantitative estimate of drug-likeness (QED) is 0.520. The maximum atomic E-state index is 13.9. The number of piperidine rings is 1. The molecule has 1 saturated carbocycles. The van der Waals surface area contributed by atoms with Crippen LogP contribution in [0.2, 0.25) is 0 Å². The van der Waals surface area contributed by atoms with Crippen LogP contribution < -0.4 is 14.4 Å². The van der Waals surface area contributed by atoms with Crippen LogP contribution in [0.3, 0.4) is 0 Å². The number of benzene rings is 2. The molecule has 1 amide bonds. The Morgan fingerprint density at radius 1 is 0.949 bits per heavy atom. The number of anilines is 1. The first-order chi connectivity index (χ1) is 18.9. The van der Waals surface area contributed by atoms with Gasteiger partial charge < -0.3 is 24.2 Å². The van der Waals surface area contributed by atoms with Crippen LogP contribution in [0.1, 0.15) is 38.2 Å². The van der Waals surface area contributed by atoms with Gasteiger partial charge in [0.25, 0.3) is 0 Å². The third-order valence-electron chi connectivity index (χ3n) is 9.20. The number of halogens is 2. The molecule has 2 aromatic carbocycles. The zero-order chi connectivity index (χ0) is 26.9. The first kappa shape index (κ1) is 26.4. The van der Waals surface area contributed by atoms with Gasteiger partial charge in [0.15, 0.2) is 23.1 Å². The molecule has 0 unspecified atom stereocenters. The normalized spacial score (nSPS) is 25.9. The number of hydrogen-bond acceptors (Lipinski definition) is 5. The molecule has 0 N–H and O–H groups in total. The Kier molecular flexibility index (Phi) is 7.65. The van der Waals surface area contributed by atoms with Gasteiger partial charge in [-0.2, -0.15) is 0 Å². The molecule has 0 bridgehead atoms. The number of amides is 1. The number of piperazine rings is 1. The summed E-state index contributed by atoms with van der Waals surface area (Å²) < 4.78 is 38.2. The highest BCUT2D eigenvalue weighted by Gasteiger charge is 2.43. The number of carbonyl (C=O) groups is 1. The SMILES string of the molecule is C[C@@H](Cc1ccc2c(c1)OCO2)CN1C[C@H]2CCCC[C@@H]2[C@H](C(=O)N2CCN(c3ccc(F)c(F)c3)CC2)C1. The minimum atomic E-state index is -0.832. The number of ether oxygens (including phenoxy) is 2. The zero-order valence-corrected chi connectivity index (χ0v) is 22.8. The molecule has 3 aliphatic heterocycles. The lowest BCUT2D eigenvalue weighted by molar-refractivity contribution is -0.142. The summed E-state index contributed by atoms with van der Waals surface area (Å²) in [5, 5.41) is 0. The molecule has 210 valence electrons. The summed E-state index contributed by atoms with van der Waals surface area (Å²) in [5.41, 5.74) is 1.93. The van der Waals surface area contributed by atoms with Crippen LogP contribution in [0.4, 0.5) is 14.5 Å². The lowest BCUT2D eigenvalue weighted by Gasteiger charge is -2.48. The highest BCUT2D eigenvalue weighted by atomic mass is 19.2. The highest BCUT2D eigenvalue weighted by Crippen LogP contribution is 2.41. The second kappa shape index (κ2) is 11.3. The molecule has 0 radical (unpaired) electrons. The van der Waals surface area contributed by atoms with Crippen LogP contribution in [0.15, 0.2) is 36.4 Å². The minimum Gasteiger partial charge on any atom is -0.454 e. The van der Waals surface area contributed by atoms with Crippen molar-refractivity contribution in [1.82, 2.24) is 9.80 Å². The van der Waals surface area contributed by atoms with Crippen molar-refractivity contribution in [2.24, 2.45) is 23.7 Å². The largest absolute Gasteiger partial charge is 0.454 e. The van der Waals surface area contributed by atoms with Gasteiger partial charge in [-0.25, -0.2) is 8.78 Å². The molecule has 4 atom stereocenters. The molecule has 1 aliphatic carbocycles. The Morgan fingerprint density at radius 2 is 1.74 bits per heavy atom. The fourth-order valence-electron chi connectivity index (χ4n) is 7.30. The predicted octanol–water partition coefficient (Wildman–Crippen LogP) is 4.96. The van der Waals surface area contributed by atoms with Gasteiger partial charge in [0.2, 0.25) is 12.7 Å². The second-order valence-corrected chi connectivity index (χ2v) is 11.9. The first-order valence-corrected chi connectivity index (χ1v) is 14.5. The molecule has 3 heterocycles. The number of nitrogens with zero attached hydrogens (tertiary/aromatic N) is 3. The van der Waals surface area contributed by atoms with E-state index >= 15 is 0 Å². The van der Waals surface area contributed by atoms with Crippen molar-refractivity contribution in [3.63, 3.8) is 0 Å².